The molecular formula is C12H19N3O3. The molecule has 6 heteroatoms. The van der Waals surface area contributed by atoms with Crippen LogP contribution in [0.1, 0.15) is 61.3 Å². The number of carbonyl (C=O) groups is 1. The van der Waals surface area contributed by atoms with Gasteiger partial charge in [0.15, 0.2) is 5.69 Å². The zero-order valence-electron chi connectivity index (χ0n) is 10.6. The lowest BCUT2D eigenvalue weighted by Crippen LogP contribution is -2.13. The lowest BCUT2D eigenvalue weighted by Gasteiger charge is -2.12. The van der Waals surface area contributed by atoms with Gasteiger partial charge in [0.2, 0.25) is 0 Å². The number of hydrogen-bond acceptors (Lipinski definition) is 4. The van der Waals surface area contributed by atoms with Crippen LogP contribution in [0.3, 0.4) is 0 Å². The van der Waals surface area contributed by atoms with Gasteiger partial charge in [-0.1, -0.05) is 25.0 Å². The van der Waals surface area contributed by atoms with Gasteiger partial charge in [0, 0.05) is 13.2 Å². The van der Waals surface area contributed by atoms with Gasteiger partial charge in [-0.2, -0.15) is 0 Å². The predicted molar refractivity (Wildman–Crippen MR) is 64.4 cm³/mol. The second-order valence-electron chi connectivity index (χ2n) is 4.56. The summed E-state index contributed by atoms with van der Waals surface area (Å²) in [7, 11) is 0. The maximum absolute atomic E-state index is 11.2. The molecule has 1 aromatic heterocycles. The summed E-state index contributed by atoms with van der Waals surface area (Å²) in [5, 5.41) is 16.9. The molecule has 100 valence electrons. The van der Waals surface area contributed by atoms with Gasteiger partial charge in [-0.05, 0) is 19.3 Å². The van der Waals surface area contributed by atoms with Crippen molar-refractivity contribution in [2.24, 2.45) is 0 Å². The molecule has 1 aromatic rings. The molecule has 1 N–H and O–H groups in total. The maximum atomic E-state index is 11.2. The Morgan fingerprint density at radius 3 is 3.00 bits per heavy atom. The van der Waals surface area contributed by atoms with Gasteiger partial charge in [0.25, 0.3) is 0 Å². The average Bonchev–Trinajstić information content (AvgIpc) is 2.96. The molecule has 1 aliphatic rings. The number of aromatic nitrogens is 3. The molecule has 0 amide bonds. The molecule has 0 spiro atoms. The van der Waals surface area contributed by atoms with Crippen LogP contribution in [0.15, 0.2) is 0 Å². The van der Waals surface area contributed by atoms with Crippen molar-refractivity contribution in [2.45, 2.75) is 51.7 Å². The van der Waals surface area contributed by atoms with Crippen LogP contribution in [0.5, 0.6) is 0 Å². The minimum atomic E-state index is -1.03. The molecular weight excluding hydrogens is 234 g/mol. The Morgan fingerprint density at radius 1 is 1.56 bits per heavy atom. The zero-order chi connectivity index (χ0) is 13.0. The Kier molecular flexibility index (Phi) is 4.30. The summed E-state index contributed by atoms with van der Waals surface area (Å²) >= 11 is 0. The first-order valence-corrected chi connectivity index (χ1v) is 6.52. The van der Waals surface area contributed by atoms with E-state index in [4.69, 9.17) is 9.84 Å². The van der Waals surface area contributed by atoms with Crippen molar-refractivity contribution in [1.29, 1.82) is 0 Å². The van der Waals surface area contributed by atoms with Crippen molar-refractivity contribution in [3.05, 3.63) is 11.4 Å². The predicted octanol–water partition coefficient (Wildman–Crippen LogP) is 2.02. The lowest BCUT2D eigenvalue weighted by molar-refractivity contribution is 0.0671. The maximum Gasteiger partial charge on any atom is 0.358 e. The first-order valence-electron chi connectivity index (χ1n) is 6.52. The van der Waals surface area contributed by atoms with Crippen LogP contribution in [0.4, 0.5) is 0 Å². The molecule has 0 bridgehead atoms. The Labute approximate surface area is 106 Å². The fraction of sp³-hybridized carbons (Fsp3) is 0.750. The molecule has 0 radical (unpaired) electrons. The van der Waals surface area contributed by atoms with E-state index < -0.39 is 5.97 Å². The summed E-state index contributed by atoms with van der Waals surface area (Å²) in [5.41, 5.74) is 0.675. The third-order valence-corrected chi connectivity index (χ3v) is 3.18. The third-order valence-electron chi connectivity index (χ3n) is 3.18. The molecule has 0 aliphatic carbocycles. The van der Waals surface area contributed by atoms with Crippen LogP contribution in [0, 0.1) is 0 Å². The first-order chi connectivity index (χ1) is 8.74. The van der Waals surface area contributed by atoms with Gasteiger partial charge in [-0.3, -0.25) is 0 Å². The minimum Gasteiger partial charge on any atom is -0.476 e. The largest absolute Gasteiger partial charge is 0.476 e. The van der Waals surface area contributed by atoms with Crippen molar-refractivity contribution < 1.29 is 14.6 Å². The highest BCUT2D eigenvalue weighted by atomic mass is 16.5. The second kappa shape index (κ2) is 5.95. The highest BCUT2D eigenvalue weighted by Crippen LogP contribution is 2.30. The Balaban J connectivity index is 2.19. The molecule has 1 unspecified atom stereocenters. The fourth-order valence-electron chi connectivity index (χ4n) is 2.26. The quantitative estimate of drug-likeness (QED) is 0.785. The Bertz CT molecular complexity index is 411. The van der Waals surface area contributed by atoms with E-state index in [1.54, 1.807) is 4.68 Å². The topological polar surface area (TPSA) is 77.2 Å². The molecule has 2 rings (SSSR count). The number of carboxylic acid groups (broad SMARTS) is 1. The van der Waals surface area contributed by atoms with Crippen molar-refractivity contribution in [2.75, 3.05) is 6.61 Å². The van der Waals surface area contributed by atoms with Gasteiger partial charge in [0.1, 0.15) is 11.8 Å². The number of hydrogen-bond donors (Lipinski definition) is 1. The van der Waals surface area contributed by atoms with E-state index in [2.05, 4.69) is 17.2 Å². The molecule has 1 fully saturated rings. The lowest BCUT2D eigenvalue weighted by atomic mass is 10.1. The third kappa shape index (κ3) is 2.69. The van der Waals surface area contributed by atoms with Crippen LogP contribution >= 0.6 is 0 Å². The van der Waals surface area contributed by atoms with E-state index in [1.165, 1.54) is 0 Å². The van der Waals surface area contributed by atoms with E-state index >= 15 is 0 Å². The highest BCUT2D eigenvalue weighted by molar-refractivity contribution is 5.86. The molecule has 6 nitrogen and oxygen atoms in total. The molecule has 18 heavy (non-hydrogen) atoms. The summed E-state index contributed by atoms with van der Waals surface area (Å²) in [6, 6.07) is 0. The van der Waals surface area contributed by atoms with E-state index in [9.17, 15) is 4.79 Å². The number of carboxylic acids is 1. The average molecular weight is 253 g/mol. The van der Waals surface area contributed by atoms with E-state index in [-0.39, 0.29) is 11.8 Å². The monoisotopic (exact) mass is 253 g/mol. The Hall–Kier alpha value is -1.43. The van der Waals surface area contributed by atoms with Gasteiger partial charge in [-0.15, -0.1) is 5.10 Å². The molecule has 1 atom stereocenters. The number of aryl methyl sites for hydroxylation is 1. The smallest absolute Gasteiger partial charge is 0.358 e. The SMILES string of the molecule is CCCCCn1nnc(C(=O)O)c1C1CCCO1. The first kappa shape index (κ1) is 13.0. The van der Waals surface area contributed by atoms with Gasteiger partial charge in [0.05, 0.1) is 0 Å². The summed E-state index contributed by atoms with van der Waals surface area (Å²) in [4.78, 5) is 11.2. The number of ether oxygens (including phenoxy) is 1. The molecule has 0 saturated carbocycles. The van der Waals surface area contributed by atoms with Crippen molar-refractivity contribution in [3.8, 4) is 0 Å². The van der Waals surface area contributed by atoms with Crippen molar-refractivity contribution >= 4 is 5.97 Å². The van der Waals surface area contributed by atoms with Gasteiger partial charge < -0.3 is 9.84 Å². The molecule has 1 saturated heterocycles. The molecule has 0 aromatic carbocycles. The van der Waals surface area contributed by atoms with Gasteiger partial charge in [-0.25, -0.2) is 9.48 Å². The number of aromatic carboxylic acids is 1. The second-order valence-corrected chi connectivity index (χ2v) is 4.56. The fourth-order valence-corrected chi connectivity index (χ4v) is 2.26. The summed E-state index contributed by atoms with van der Waals surface area (Å²) in [6.07, 6.45) is 4.86. The van der Waals surface area contributed by atoms with E-state index in [1.807, 2.05) is 0 Å². The van der Waals surface area contributed by atoms with Crippen LogP contribution in [-0.4, -0.2) is 32.7 Å². The summed E-state index contributed by atoms with van der Waals surface area (Å²) in [5.74, 6) is -1.03. The van der Waals surface area contributed by atoms with Gasteiger partial charge >= 0.3 is 5.97 Å². The number of nitrogens with zero attached hydrogens (tertiary/aromatic N) is 3. The van der Waals surface area contributed by atoms with E-state index in [0.29, 0.717) is 18.8 Å². The normalized spacial score (nSPS) is 19.3. The highest BCUT2D eigenvalue weighted by Gasteiger charge is 2.29. The number of rotatable bonds is 6. The standard InChI is InChI=1S/C12H19N3O3/c1-2-3-4-7-15-11(9-6-5-8-18-9)10(12(16)17)13-14-15/h9H,2-8H2,1H3,(H,16,17). The van der Waals surface area contributed by atoms with Crippen molar-refractivity contribution in [1.82, 2.24) is 15.0 Å². The van der Waals surface area contributed by atoms with Crippen molar-refractivity contribution in [3.63, 3.8) is 0 Å². The zero-order valence-corrected chi connectivity index (χ0v) is 10.6. The van der Waals surface area contributed by atoms with E-state index in [0.717, 1.165) is 32.1 Å². The van der Waals surface area contributed by atoms with Crippen LogP contribution in [0.2, 0.25) is 0 Å². The number of unbranched alkanes of at least 4 members (excludes halogenated alkanes) is 2. The minimum absolute atomic E-state index is 0.0402. The van der Waals surface area contributed by atoms with Crippen LogP contribution in [0.25, 0.3) is 0 Å². The summed E-state index contributed by atoms with van der Waals surface area (Å²) in [6.45, 7) is 3.53. The molecule has 2 heterocycles. The Morgan fingerprint density at radius 2 is 2.39 bits per heavy atom. The van der Waals surface area contributed by atoms with Crippen LogP contribution in [-0.2, 0) is 11.3 Å². The molecule has 1 aliphatic heterocycles. The van der Waals surface area contributed by atoms with Crippen LogP contribution < -0.4 is 0 Å². The summed E-state index contributed by atoms with van der Waals surface area (Å²) < 4.78 is 7.27.